The summed E-state index contributed by atoms with van der Waals surface area (Å²) in [6.07, 6.45) is 0. The van der Waals surface area contributed by atoms with Gasteiger partial charge in [0.05, 0.1) is 6.54 Å². The lowest BCUT2D eigenvalue weighted by Crippen LogP contribution is -2.22. The second-order valence-electron chi connectivity index (χ2n) is 3.74. The van der Waals surface area contributed by atoms with Crippen molar-refractivity contribution in [3.8, 4) is 0 Å². The zero-order valence-electron chi connectivity index (χ0n) is 9.64. The molecule has 0 amide bonds. The Morgan fingerprint density at radius 1 is 1.18 bits per heavy atom. The molecule has 0 aliphatic rings. The number of halogens is 1. The Bertz CT molecular complexity index is 458. The number of rotatable bonds is 5. The molecule has 2 aromatic rings. The molecule has 0 bridgehead atoms. The fourth-order valence-corrected chi connectivity index (χ4v) is 2.52. The first-order chi connectivity index (χ1) is 8.28. The van der Waals surface area contributed by atoms with Crippen LogP contribution in [0.15, 0.2) is 30.3 Å². The SMILES string of the molecule is CCN(Cc1ccccc1)Cc1nnc(Cl)s1. The van der Waals surface area contributed by atoms with Gasteiger partial charge in [0.25, 0.3) is 0 Å². The fraction of sp³-hybridized carbons (Fsp3) is 0.333. The third kappa shape index (κ3) is 3.77. The second kappa shape index (κ2) is 6.10. The van der Waals surface area contributed by atoms with Gasteiger partial charge in [-0.05, 0) is 23.7 Å². The van der Waals surface area contributed by atoms with E-state index >= 15 is 0 Å². The van der Waals surface area contributed by atoms with E-state index in [1.165, 1.54) is 16.9 Å². The molecule has 2 rings (SSSR count). The molecule has 1 aromatic carbocycles. The smallest absolute Gasteiger partial charge is 0.207 e. The first kappa shape index (κ1) is 12.5. The van der Waals surface area contributed by atoms with E-state index < -0.39 is 0 Å². The third-order valence-corrected chi connectivity index (χ3v) is 3.50. The van der Waals surface area contributed by atoms with E-state index in [0.29, 0.717) is 4.47 Å². The van der Waals surface area contributed by atoms with Gasteiger partial charge in [0, 0.05) is 6.54 Å². The molecule has 0 unspecified atom stereocenters. The molecule has 90 valence electrons. The van der Waals surface area contributed by atoms with E-state index in [9.17, 15) is 0 Å². The molecule has 0 radical (unpaired) electrons. The quantitative estimate of drug-likeness (QED) is 0.833. The van der Waals surface area contributed by atoms with Crippen LogP contribution >= 0.6 is 22.9 Å². The Hall–Kier alpha value is -0.970. The minimum Gasteiger partial charge on any atom is -0.293 e. The van der Waals surface area contributed by atoms with Crippen LogP contribution in [-0.2, 0) is 13.1 Å². The van der Waals surface area contributed by atoms with Crippen molar-refractivity contribution >= 4 is 22.9 Å². The van der Waals surface area contributed by atoms with Crippen molar-refractivity contribution in [2.75, 3.05) is 6.54 Å². The number of aromatic nitrogens is 2. The van der Waals surface area contributed by atoms with Gasteiger partial charge in [0.1, 0.15) is 5.01 Å². The number of hydrogen-bond acceptors (Lipinski definition) is 4. The van der Waals surface area contributed by atoms with E-state index in [0.717, 1.165) is 24.6 Å². The van der Waals surface area contributed by atoms with Crippen LogP contribution in [0.1, 0.15) is 17.5 Å². The first-order valence-electron chi connectivity index (χ1n) is 5.52. The summed E-state index contributed by atoms with van der Waals surface area (Å²) in [5, 5.41) is 8.82. The van der Waals surface area contributed by atoms with Gasteiger partial charge in [-0.2, -0.15) is 0 Å². The zero-order valence-corrected chi connectivity index (χ0v) is 11.2. The molecule has 1 heterocycles. The van der Waals surface area contributed by atoms with Gasteiger partial charge in [-0.1, -0.05) is 48.6 Å². The molecule has 5 heteroatoms. The number of benzene rings is 1. The van der Waals surface area contributed by atoms with Gasteiger partial charge in [-0.15, -0.1) is 10.2 Å². The third-order valence-electron chi connectivity index (χ3n) is 2.50. The lowest BCUT2D eigenvalue weighted by molar-refractivity contribution is 0.270. The van der Waals surface area contributed by atoms with Gasteiger partial charge >= 0.3 is 0 Å². The largest absolute Gasteiger partial charge is 0.293 e. The van der Waals surface area contributed by atoms with Crippen LogP contribution in [0, 0.1) is 0 Å². The molecule has 0 saturated heterocycles. The number of hydrogen-bond donors (Lipinski definition) is 0. The first-order valence-corrected chi connectivity index (χ1v) is 6.71. The second-order valence-corrected chi connectivity index (χ2v) is 5.38. The summed E-state index contributed by atoms with van der Waals surface area (Å²) in [5.74, 6) is 0. The lowest BCUT2D eigenvalue weighted by atomic mass is 10.2. The molecule has 0 aliphatic heterocycles. The minimum absolute atomic E-state index is 0.510. The summed E-state index contributed by atoms with van der Waals surface area (Å²) < 4.78 is 0.510. The molecule has 0 fully saturated rings. The highest BCUT2D eigenvalue weighted by molar-refractivity contribution is 7.15. The predicted molar refractivity (Wildman–Crippen MR) is 71.1 cm³/mol. The Morgan fingerprint density at radius 3 is 2.53 bits per heavy atom. The zero-order chi connectivity index (χ0) is 12.1. The normalized spacial score (nSPS) is 11.0. The van der Waals surface area contributed by atoms with Crippen LogP contribution in [0.3, 0.4) is 0 Å². The highest BCUT2D eigenvalue weighted by Gasteiger charge is 2.08. The summed E-state index contributed by atoms with van der Waals surface area (Å²) in [5.41, 5.74) is 1.31. The highest BCUT2D eigenvalue weighted by Crippen LogP contribution is 2.17. The highest BCUT2D eigenvalue weighted by atomic mass is 35.5. The maximum atomic E-state index is 5.77. The average Bonchev–Trinajstić information content (AvgIpc) is 2.75. The number of nitrogens with zero attached hydrogens (tertiary/aromatic N) is 3. The van der Waals surface area contributed by atoms with Crippen molar-refractivity contribution in [1.82, 2.24) is 15.1 Å². The molecular weight excluding hydrogens is 254 g/mol. The molecule has 3 nitrogen and oxygen atoms in total. The van der Waals surface area contributed by atoms with Crippen LogP contribution in [-0.4, -0.2) is 21.6 Å². The standard InChI is InChI=1S/C12H14ClN3S/c1-2-16(8-10-6-4-3-5-7-10)9-11-14-15-12(13)17-11/h3-7H,2,8-9H2,1H3. The fourth-order valence-electron chi connectivity index (χ4n) is 1.61. The van der Waals surface area contributed by atoms with Crippen molar-refractivity contribution in [3.05, 3.63) is 45.4 Å². The molecule has 0 N–H and O–H groups in total. The van der Waals surface area contributed by atoms with Crippen LogP contribution in [0.2, 0.25) is 4.47 Å². The molecular formula is C12H14ClN3S. The van der Waals surface area contributed by atoms with E-state index in [4.69, 9.17) is 11.6 Å². The van der Waals surface area contributed by atoms with Crippen LogP contribution in [0.4, 0.5) is 0 Å². The van der Waals surface area contributed by atoms with Gasteiger partial charge in [0.15, 0.2) is 0 Å². The van der Waals surface area contributed by atoms with Gasteiger partial charge < -0.3 is 0 Å². The molecule has 0 spiro atoms. The Balaban J connectivity index is 1.98. The van der Waals surface area contributed by atoms with Crippen molar-refractivity contribution in [2.45, 2.75) is 20.0 Å². The molecule has 1 aromatic heterocycles. The van der Waals surface area contributed by atoms with E-state index in [2.05, 4.69) is 46.3 Å². The summed E-state index contributed by atoms with van der Waals surface area (Å²) in [6.45, 7) is 4.85. The molecule has 0 atom stereocenters. The van der Waals surface area contributed by atoms with Crippen LogP contribution < -0.4 is 0 Å². The topological polar surface area (TPSA) is 29.0 Å². The van der Waals surface area contributed by atoms with Crippen LogP contribution in [0.5, 0.6) is 0 Å². The summed E-state index contributed by atoms with van der Waals surface area (Å²) in [6, 6.07) is 10.4. The maximum Gasteiger partial charge on any atom is 0.207 e. The van der Waals surface area contributed by atoms with Crippen molar-refractivity contribution in [3.63, 3.8) is 0 Å². The molecule has 17 heavy (non-hydrogen) atoms. The van der Waals surface area contributed by atoms with Gasteiger partial charge in [-0.25, -0.2) is 0 Å². The van der Waals surface area contributed by atoms with Crippen LogP contribution in [0.25, 0.3) is 0 Å². The van der Waals surface area contributed by atoms with E-state index in [1.54, 1.807) is 0 Å². The predicted octanol–water partition coefficient (Wildman–Crippen LogP) is 3.21. The summed E-state index contributed by atoms with van der Waals surface area (Å²) in [4.78, 5) is 2.31. The lowest BCUT2D eigenvalue weighted by Gasteiger charge is -2.18. The summed E-state index contributed by atoms with van der Waals surface area (Å²) in [7, 11) is 0. The average molecular weight is 268 g/mol. The molecule has 0 saturated carbocycles. The van der Waals surface area contributed by atoms with Crippen molar-refractivity contribution in [2.24, 2.45) is 0 Å². The Kier molecular flexibility index (Phi) is 4.48. The Morgan fingerprint density at radius 2 is 1.94 bits per heavy atom. The maximum absolute atomic E-state index is 5.77. The van der Waals surface area contributed by atoms with Crippen molar-refractivity contribution < 1.29 is 0 Å². The monoisotopic (exact) mass is 267 g/mol. The molecule has 0 aliphatic carbocycles. The Labute approximate surface area is 110 Å². The van der Waals surface area contributed by atoms with Crippen molar-refractivity contribution in [1.29, 1.82) is 0 Å². The van der Waals surface area contributed by atoms with Gasteiger partial charge in [-0.3, -0.25) is 4.90 Å². The summed E-state index contributed by atoms with van der Waals surface area (Å²) >= 11 is 7.22. The van der Waals surface area contributed by atoms with Gasteiger partial charge in [0.2, 0.25) is 4.47 Å². The van der Waals surface area contributed by atoms with E-state index in [-0.39, 0.29) is 0 Å². The minimum atomic E-state index is 0.510. The van der Waals surface area contributed by atoms with E-state index in [1.807, 2.05) is 6.07 Å².